The van der Waals surface area contributed by atoms with E-state index in [-0.39, 0.29) is 11.6 Å². The molecule has 44 heavy (non-hydrogen) atoms. The van der Waals surface area contributed by atoms with E-state index in [0.29, 0.717) is 35.3 Å². The normalized spacial score (nSPS) is 10.8. The highest BCUT2D eigenvalue weighted by Gasteiger charge is 2.11. The first kappa shape index (κ1) is 30.8. The maximum Gasteiger partial charge on any atom is 0.134 e. The second kappa shape index (κ2) is 14.7. The summed E-state index contributed by atoms with van der Waals surface area (Å²) in [6.07, 6.45) is 5.54. The fraction of sp³-hybridized carbons (Fsp3) is 0.220. The predicted octanol–water partition coefficient (Wildman–Crippen LogP) is 10.5. The molecule has 0 amide bonds. The highest BCUT2D eigenvalue weighted by Crippen LogP contribution is 2.27. The van der Waals surface area contributed by atoms with E-state index < -0.39 is 0 Å². The Hall–Kier alpha value is -4.68. The molecule has 0 unspecified atom stereocenters. The summed E-state index contributed by atoms with van der Waals surface area (Å²) in [5.41, 5.74) is 8.97. The molecule has 5 rings (SSSR count). The van der Waals surface area contributed by atoms with E-state index in [9.17, 15) is 4.39 Å². The standard InChI is InChI=1S/C41H38F2O/c1-4-5-6-7-32-16-25-38(40(43)26-32)35-21-12-31(13-22-35)15-24-37-27-39(42)36(28-41(37)44-3)23-14-30-10-19-34(20-11-30)33-17-8-29(2)9-18-33/h8-13,16-22,25-28H,4-7,14,23H2,1-3H3. The van der Waals surface area contributed by atoms with Crippen molar-refractivity contribution in [2.45, 2.75) is 52.4 Å². The van der Waals surface area contributed by atoms with Gasteiger partial charge in [0.05, 0.1) is 12.7 Å². The van der Waals surface area contributed by atoms with E-state index in [1.54, 1.807) is 19.2 Å². The van der Waals surface area contributed by atoms with Gasteiger partial charge in [-0.2, -0.15) is 0 Å². The van der Waals surface area contributed by atoms with Crippen LogP contribution < -0.4 is 4.74 Å². The average Bonchev–Trinajstić information content (AvgIpc) is 3.04. The van der Waals surface area contributed by atoms with E-state index in [4.69, 9.17) is 4.74 Å². The minimum absolute atomic E-state index is 0.211. The third-order valence-corrected chi connectivity index (χ3v) is 8.03. The fourth-order valence-electron chi connectivity index (χ4n) is 5.34. The van der Waals surface area contributed by atoms with Gasteiger partial charge in [0.1, 0.15) is 17.4 Å². The Morgan fingerprint density at radius 3 is 1.93 bits per heavy atom. The van der Waals surface area contributed by atoms with Gasteiger partial charge in [-0.15, -0.1) is 0 Å². The third-order valence-electron chi connectivity index (χ3n) is 8.03. The molecule has 1 nitrogen and oxygen atoms in total. The molecule has 0 aliphatic carbocycles. The number of rotatable bonds is 10. The number of aryl methyl sites for hydroxylation is 4. The quantitative estimate of drug-likeness (QED) is 0.117. The monoisotopic (exact) mass is 584 g/mol. The first-order valence-electron chi connectivity index (χ1n) is 15.4. The van der Waals surface area contributed by atoms with E-state index in [2.05, 4.69) is 74.2 Å². The van der Waals surface area contributed by atoms with E-state index >= 15 is 4.39 Å². The number of halogens is 2. The Morgan fingerprint density at radius 2 is 1.27 bits per heavy atom. The minimum atomic E-state index is -0.296. The molecule has 0 spiro atoms. The van der Waals surface area contributed by atoms with Crippen molar-refractivity contribution in [2.24, 2.45) is 0 Å². The molecule has 222 valence electrons. The van der Waals surface area contributed by atoms with Gasteiger partial charge < -0.3 is 4.74 Å². The summed E-state index contributed by atoms with van der Waals surface area (Å²) in [5, 5.41) is 0. The molecule has 0 atom stereocenters. The molecular weight excluding hydrogens is 546 g/mol. The topological polar surface area (TPSA) is 9.23 Å². The second-order valence-electron chi connectivity index (χ2n) is 11.3. The van der Waals surface area contributed by atoms with Crippen LogP contribution in [0.4, 0.5) is 8.78 Å². The van der Waals surface area contributed by atoms with Gasteiger partial charge >= 0.3 is 0 Å². The van der Waals surface area contributed by atoms with Gasteiger partial charge in [-0.1, -0.05) is 110 Å². The number of hydrogen-bond donors (Lipinski definition) is 0. The molecule has 5 aromatic carbocycles. The van der Waals surface area contributed by atoms with Gasteiger partial charge in [-0.25, -0.2) is 8.78 Å². The maximum atomic E-state index is 15.1. The first-order valence-corrected chi connectivity index (χ1v) is 15.4. The Balaban J connectivity index is 1.24. The predicted molar refractivity (Wildman–Crippen MR) is 178 cm³/mol. The largest absolute Gasteiger partial charge is 0.495 e. The van der Waals surface area contributed by atoms with Gasteiger partial charge in [0.15, 0.2) is 0 Å². The van der Waals surface area contributed by atoms with Crippen LogP contribution in [0.3, 0.4) is 0 Å². The summed E-state index contributed by atoms with van der Waals surface area (Å²) < 4.78 is 35.6. The van der Waals surface area contributed by atoms with Gasteiger partial charge in [0.25, 0.3) is 0 Å². The second-order valence-corrected chi connectivity index (χ2v) is 11.3. The Morgan fingerprint density at radius 1 is 0.614 bits per heavy atom. The lowest BCUT2D eigenvalue weighted by Crippen LogP contribution is -1.98. The van der Waals surface area contributed by atoms with E-state index in [1.165, 1.54) is 17.2 Å². The lowest BCUT2D eigenvalue weighted by Gasteiger charge is -2.10. The zero-order valence-corrected chi connectivity index (χ0v) is 25.7. The highest BCUT2D eigenvalue weighted by molar-refractivity contribution is 5.66. The van der Waals surface area contributed by atoms with Crippen LogP contribution in [0.25, 0.3) is 22.3 Å². The molecule has 3 heteroatoms. The van der Waals surface area contributed by atoms with Gasteiger partial charge in [0.2, 0.25) is 0 Å². The molecule has 5 aromatic rings. The number of methoxy groups -OCH3 is 1. The summed E-state index contributed by atoms with van der Waals surface area (Å²) in [5.74, 6) is 6.20. The SMILES string of the molecule is CCCCCc1ccc(-c2ccc(C#Cc3cc(F)c(CCc4ccc(-c5ccc(C)cc5)cc4)cc3OC)cc2)c(F)c1. The number of hydrogen-bond acceptors (Lipinski definition) is 1. The minimum Gasteiger partial charge on any atom is -0.495 e. The maximum absolute atomic E-state index is 15.1. The van der Waals surface area contributed by atoms with Crippen LogP contribution in [0.15, 0.2) is 103 Å². The number of benzene rings is 5. The molecule has 0 aliphatic heterocycles. The van der Waals surface area contributed by atoms with Crippen molar-refractivity contribution >= 4 is 0 Å². The molecule has 0 N–H and O–H groups in total. The molecule has 0 aromatic heterocycles. The molecule has 0 heterocycles. The molecule has 0 bridgehead atoms. The van der Waals surface area contributed by atoms with Crippen LogP contribution in [0.2, 0.25) is 0 Å². The van der Waals surface area contributed by atoms with Crippen LogP contribution in [0.5, 0.6) is 5.75 Å². The van der Waals surface area contributed by atoms with Gasteiger partial charge in [0, 0.05) is 11.1 Å². The van der Waals surface area contributed by atoms with Crippen molar-refractivity contribution in [1.29, 1.82) is 0 Å². The average molecular weight is 585 g/mol. The van der Waals surface area contributed by atoms with Crippen LogP contribution in [-0.4, -0.2) is 7.11 Å². The van der Waals surface area contributed by atoms with Crippen molar-refractivity contribution in [1.82, 2.24) is 0 Å². The number of unbranched alkanes of at least 4 members (excludes halogenated alkanes) is 2. The summed E-state index contributed by atoms with van der Waals surface area (Å²) in [7, 11) is 1.57. The highest BCUT2D eigenvalue weighted by atomic mass is 19.1. The molecule has 0 radical (unpaired) electrons. The van der Waals surface area contributed by atoms with Gasteiger partial charge in [-0.3, -0.25) is 0 Å². The number of ether oxygens (including phenoxy) is 1. The van der Waals surface area contributed by atoms with Crippen molar-refractivity contribution in [2.75, 3.05) is 7.11 Å². The summed E-state index contributed by atoms with van der Waals surface area (Å²) in [6, 6.07) is 33.1. The van der Waals surface area contributed by atoms with Gasteiger partial charge in [-0.05, 0) is 96.3 Å². The Bertz CT molecular complexity index is 1760. The zero-order valence-electron chi connectivity index (χ0n) is 25.7. The third kappa shape index (κ3) is 7.82. The molecule has 0 fully saturated rings. The smallest absolute Gasteiger partial charge is 0.134 e. The fourth-order valence-corrected chi connectivity index (χ4v) is 5.34. The van der Waals surface area contributed by atoms with Crippen molar-refractivity contribution in [3.63, 3.8) is 0 Å². The summed E-state index contributed by atoms with van der Waals surface area (Å²) in [6.45, 7) is 4.25. The first-order chi connectivity index (χ1) is 21.4. The van der Waals surface area contributed by atoms with E-state index in [1.807, 2.05) is 36.4 Å². The Kier molecular flexibility index (Phi) is 10.3. The van der Waals surface area contributed by atoms with Crippen LogP contribution in [-0.2, 0) is 19.3 Å². The van der Waals surface area contributed by atoms with Crippen LogP contribution in [0, 0.1) is 30.4 Å². The lowest BCUT2D eigenvalue weighted by atomic mass is 9.98. The molecule has 0 aliphatic rings. The summed E-state index contributed by atoms with van der Waals surface area (Å²) >= 11 is 0. The molecule has 0 saturated heterocycles. The van der Waals surface area contributed by atoms with E-state index in [0.717, 1.165) is 53.5 Å². The van der Waals surface area contributed by atoms with Crippen LogP contribution >= 0.6 is 0 Å². The summed E-state index contributed by atoms with van der Waals surface area (Å²) in [4.78, 5) is 0. The zero-order chi connectivity index (χ0) is 30.9. The Labute approximate surface area is 260 Å². The van der Waals surface area contributed by atoms with Crippen molar-refractivity contribution < 1.29 is 13.5 Å². The lowest BCUT2D eigenvalue weighted by molar-refractivity contribution is 0.411. The molecule has 0 saturated carbocycles. The van der Waals surface area contributed by atoms with Crippen molar-refractivity contribution in [3.05, 3.63) is 148 Å². The molecular formula is C41H38F2O. The van der Waals surface area contributed by atoms with Crippen molar-refractivity contribution in [3.8, 4) is 39.8 Å². The van der Waals surface area contributed by atoms with Crippen LogP contribution in [0.1, 0.15) is 59.6 Å².